The second-order valence-electron chi connectivity index (χ2n) is 8.65. The Hall–Kier alpha value is -2.62. The predicted molar refractivity (Wildman–Crippen MR) is 112 cm³/mol. The van der Waals surface area contributed by atoms with Gasteiger partial charge in [-0.2, -0.15) is 22.8 Å². The summed E-state index contributed by atoms with van der Waals surface area (Å²) in [5.41, 5.74) is 0.246. The number of carbonyl (C=O) groups excluding carboxylic acids is 1. The lowest BCUT2D eigenvalue weighted by atomic mass is 9.78. The van der Waals surface area contributed by atoms with Crippen LogP contribution in [0.2, 0.25) is 0 Å². The van der Waals surface area contributed by atoms with Crippen LogP contribution < -0.4 is 0 Å². The van der Waals surface area contributed by atoms with Gasteiger partial charge in [-0.3, -0.25) is 4.79 Å². The molecule has 1 aromatic carbocycles. The number of halogens is 4. The molecule has 7 heteroatoms. The normalized spacial score (nSPS) is 27.2. The first-order chi connectivity index (χ1) is 15.3. The summed E-state index contributed by atoms with van der Waals surface area (Å²) in [5.74, 6) is -0.696. The first kappa shape index (κ1) is 24.0. The third kappa shape index (κ3) is 6.69. The number of ether oxygens (including phenoxy) is 1. The standard InChI is InChI=1S/C25H27F4NO2/c26-22(16-30)3-1-2-17-4-14-23(15-5-17)32-24(31)20-8-6-18(7-9-20)19-10-12-21(13-11-19)25(27,28)29/h1-3,10-13,17-18,20,23H,4-9,14-15H2/b2-1+,22-3?/t17?,18-,20-,23?. The molecule has 32 heavy (non-hydrogen) atoms. The molecular weight excluding hydrogens is 422 g/mol. The number of esters is 1. The Bertz CT molecular complexity index is 867. The second kappa shape index (κ2) is 10.8. The first-order valence-corrected chi connectivity index (χ1v) is 11.1. The average molecular weight is 449 g/mol. The van der Waals surface area contributed by atoms with Crippen molar-refractivity contribution in [1.82, 2.24) is 0 Å². The van der Waals surface area contributed by atoms with E-state index in [0.717, 1.165) is 62.3 Å². The van der Waals surface area contributed by atoms with Crippen LogP contribution in [0.15, 0.2) is 48.3 Å². The maximum atomic E-state index is 12.8. The fourth-order valence-electron chi connectivity index (χ4n) is 4.60. The topological polar surface area (TPSA) is 50.1 Å². The highest BCUT2D eigenvalue weighted by atomic mass is 19.4. The van der Waals surface area contributed by atoms with E-state index in [1.165, 1.54) is 6.07 Å². The van der Waals surface area contributed by atoms with E-state index in [0.29, 0.717) is 12.8 Å². The molecule has 0 amide bonds. The van der Waals surface area contributed by atoms with Crippen LogP contribution in [-0.4, -0.2) is 12.1 Å². The monoisotopic (exact) mass is 449 g/mol. The average Bonchev–Trinajstić information content (AvgIpc) is 2.79. The predicted octanol–water partition coefficient (Wildman–Crippen LogP) is 7.01. The van der Waals surface area contributed by atoms with Crippen LogP contribution in [0.25, 0.3) is 0 Å². The maximum absolute atomic E-state index is 12.8. The van der Waals surface area contributed by atoms with Crippen molar-refractivity contribution in [3.05, 3.63) is 59.4 Å². The Morgan fingerprint density at radius 3 is 2.19 bits per heavy atom. The number of allylic oxidation sites excluding steroid dienone is 4. The molecule has 3 rings (SSSR count). The van der Waals surface area contributed by atoms with Crippen LogP contribution in [0, 0.1) is 23.2 Å². The number of nitrogens with zero attached hydrogens (tertiary/aromatic N) is 1. The number of benzene rings is 1. The van der Waals surface area contributed by atoms with E-state index in [1.807, 2.05) is 6.08 Å². The molecule has 2 saturated carbocycles. The third-order valence-electron chi connectivity index (χ3n) is 6.50. The Balaban J connectivity index is 1.41. The van der Waals surface area contributed by atoms with Crippen LogP contribution in [0.3, 0.4) is 0 Å². The van der Waals surface area contributed by atoms with Crippen LogP contribution in [-0.2, 0) is 15.7 Å². The van der Waals surface area contributed by atoms with Gasteiger partial charge >= 0.3 is 12.1 Å². The molecule has 2 fully saturated rings. The van der Waals surface area contributed by atoms with Crippen molar-refractivity contribution in [1.29, 1.82) is 5.26 Å². The van der Waals surface area contributed by atoms with Gasteiger partial charge in [-0.1, -0.05) is 24.3 Å². The van der Waals surface area contributed by atoms with Crippen molar-refractivity contribution < 1.29 is 27.1 Å². The highest BCUT2D eigenvalue weighted by Crippen LogP contribution is 2.38. The minimum absolute atomic E-state index is 0.105. The summed E-state index contributed by atoms with van der Waals surface area (Å²) in [6.07, 6.45) is 6.23. The third-order valence-corrected chi connectivity index (χ3v) is 6.50. The number of rotatable bonds is 5. The molecule has 0 radical (unpaired) electrons. The van der Waals surface area contributed by atoms with Gasteiger partial charge in [0.2, 0.25) is 0 Å². The smallest absolute Gasteiger partial charge is 0.416 e. The van der Waals surface area contributed by atoms with Gasteiger partial charge < -0.3 is 4.74 Å². The molecule has 0 atom stereocenters. The molecule has 0 unspecified atom stereocenters. The van der Waals surface area contributed by atoms with Crippen molar-refractivity contribution >= 4 is 5.97 Å². The molecule has 172 valence electrons. The van der Waals surface area contributed by atoms with E-state index >= 15 is 0 Å². The van der Waals surface area contributed by atoms with E-state index in [1.54, 1.807) is 18.2 Å². The lowest BCUT2D eigenvalue weighted by Crippen LogP contribution is -2.29. The van der Waals surface area contributed by atoms with Crippen LogP contribution in [0.5, 0.6) is 0 Å². The minimum Gasteiger partial charge on any atom is -0.462 e. The van der Waals surface area contributed by atoms with Crippen molar-refractivity contribution in [2.45, 2.75) is 69.6 Å². The molecular formula is C25H27F4NO2. The SMILES string of the molecule is N#CC(F)=C/C=C/C1CCC(OC(=O)[C@H]2CC[C@H](c3ccc(C(F)(F)F)cc3)CC2)CC1. The summed E-state index contributed by atoms with van der Waals surface area (Å²) >= 11 is 0. The van der Waals surface area contributed by atoms with Crippen molar-refractivity contribution in [2.75, 3.05) is 0 Å². The lowest BCUT2D eigenvalue weighted by molar-refractivity contribution is -0.157. The second-order valence-corrected chi connectivity index (χ2v) is 8.65. The molecule has 2 aliphatic carbocycles. The Kier molecular flexibility index (Phi) is 8.11. The zero-order valence-electron chi connectivity index (χ0n) is 17.8. The van der Waals surface area contributed by atoms with E-state index < -0.39 is 17.6 Å². The number of hydrogen-bond acceptors (Lipinski definition) is 3. The summed E-state index contributed by atoms with van der Waals surface area (Å²) in [7, 11) is 0. The van der Waals surface area contributed by atoms with Gasteiger partial charge in [0.15, 0.2) is 5.83 Å². The van der Waals surface area contributed by atoms with E-state index in [2.05, 4.69) is 0 Å². The fraction of sp³-hybridized carbons (Fsp3) is 0.520. The van der Waals surface area contributed by atoms with Gasteiger partial charge in [0.1, 0.15) is 12.2 Å². The van der Waals surface area contributed by atoms with E-state index in [4.69, 9.17) is 10.00 Å². The lowest BCUT2D eigenvalue weighted by Gasteiger charge is -2.31. The Morgan fingerprint density at radius 1 is 1.00 bits per heavy atom. The molecule has 0 heterocycles. The number of hydrogen-bond donors (Lipinski definition) is 0. The van der Waals surface area contributed by atoms with E-state index in [9.17, 15) is 22.4 Å². The Labute approximate surface area is 185 Å². The van der Waals surface area contributed by atoms with Crippen LogP contribution in [0.4, 0.5) is 17.6 Å². The summed E-state index contributed by atoms with van der Waals surface area (Å²) < 4.78 is 56.7. The molecule has 0 saturated heterocycles. The van der Waals surface area contributed by atoms with Crippen molar-refractivity contribution in [3.63, 3.8) is 0 Å². The Morgan fingerprint density at radius 2 is 1.62 bits per heavy atom. The summed E-state index contributed by atoms with van der Waals surface area (Å²) in [5, 5.41) is 8.39. The molecule has 1 aromatic rings. The summed E-state index contributed by atoms with van der Waals surface area (Å²) in [4.78, 5) is 12.6. The highest BCUT2D eigenvalue weighted by Gasteiger charge is 2.32. The molecule has 3 nitrogen and oxygen atoms in total. The minimum atomic E-state index is -4.33. The summed E-state index contributed by atoms with van der Waals surface area (Å²) in [6, 6.07) is 6.76. The highest BCUT2D eigenvalue weighted by molar-refractivity contribution is 5.72. The maximum Gasteiger partial charge on any atom is 0.416 e. The molecule has 0 aromatic heterocycles. The van der Waals surface area contributed by atoms with Crippen molar-refractivity contribution in [2.24, 2.45) is 11.8 Å². The fourth-order valence-corrected chi connectivity index (χ4v) is 4.60. The van der Waals surface area contributed by atoms with Crippen molar-refractivity contribution in [3.8, 4) is 6.07 Å². The summed E-state index contributed by atoms with van der Waals surface area (Å²) in [6.45, 7) is 0. The van der Waals surface area contributed by atoms with Gasteiger partial charge in [-0.25, -0.2) is 0 Å². The zero-order chi connectivity index (χ0) is 23.1. The number of alkyl halides is 3. The van der Waals surface area contributed by atoms with E-state index in [-0.39, 0.29) is 29.8 Å². The molecule has 2 aliphatic rings. The van der Waals surface area contributed by atoms with Crippen LogP contribution in [0.1, 0.15) is 68.4 Å². The quantitative estimate of drug-likeness (QED) is 0.210. The number of carbonyl (C=O) groups is 1. The first-order valence-electron chi connectivity index (χ1n) is 11.1. The van der Waals surface area contributed by atoms with Gasteiger partial charge in [0.05, 0.1) is 11.5 Å². The largest absolute Gasteiger partial charge is 0.462 e. The molecule has 0 aliphatic heterocycles. The van der Waals surface area contributed by atoms with Gasteiger partial charge in [-0.05, 0) is 87.0 Å². The van der Waals surface area contributed by atoms with Gasteiger partial charge in [-0.15, -0.1) is 0 Å². The molecule has 0 N–H and O–H groups in total. The molecule has 0 spiro atoms. The number of nitriles is 1. The van der Waals surface area contributed by atoms with Gasteiger partial charge in [0.25, 0.3) is 0 Å². The van der Waals surface area contributed by atoms with Crippen LogP contribution >= 0.6 is 0 Å². The van der Waals surface area contributed by atoms with Gasteiger partial charge in [0, 0.05) is 0 Å². The zero-order valence-corrected chi connectivity index (χ0v) is 17.8. The molecule has 0 bridgehead atoms.